The van der Waals surface area contributed by atoms with Crippen molar-refractivity contribution in [2.75, 3.05) is 19.1 Å². The zero-order valence-corrected chi connectivity index (χ0v) is 13.3. The van der Waals surface area contributed by atoms with Crippen molar-refractivity contribution >= 4 is 11.6 Å². The van der Waals surface area contributed by atoms with E-state index in [4.69, 9.17) is 21.1 Å². The molecule has 1 aromatic carbocycles. The lowest BCUT2D eigenvalue weighted by molar-refractivity contribution is 0.266. The summed E-state index contributed by atoms with van der Waals surface area (Å²) in [6.07, 6.45) is 2.51. The van der Waals surface area contributed by atoms with Gasteiger partial charge in [0.25, 0.3) is 0 Å². The Morgan fingerprint density at radius 3 is 2.15 bits per heavy atom. The lowest BCUT2D eigenvalue weighted by atomic mass is 9.97. The number of rotatable bonds is 9. The second-order valence-electron chi connectivity index (χ2n) is 4.90. The first-order valence-corrected chi connectivity index (χ1v) is 7.82. The van der Waals surface area contributed by atoms with Crippen LogP contribution in [0.2, 0.25) is 0 Å². The summed E-state index contributed by atoms with van der Waals surface area (Å²) in [6, 6.07) is 3.19. The minimum Gasteiger partial charge on any atom is -0.490 e. The fourth-order valence-electron chi connectivity index (χ4n) is 1.90. The molecule has 0 aliphatic carbocycles. The molecule has 0 aliphatic heterocycles. The maximum atomic E-state index is 14.2. The molecule has 2 nitrogen and oxygen atoms in total. The molecule has 1 unspecified atom stereocenters. The smallest absolute Gasteiger partial charge is 0.164 e. The van der Waals surface area contributed by atoms with Crippen molar-refractivity contribution in [1.29, 1.82) is 0 Å². The largest absolute Gasteiger partial charge is 0.490 e. The van der Waals surface area contributed by atoms with Gasteiger partial charge in [0.2, 0.25) is 0 Å². The Hall–Kier alpha value is -0.960. The van der Waals surface area contributed by atoms with Gasteiger partial charge in [0.05, 0.1) is 13.2 Å². The predicted molar refractivity (Wildman–Crippen MR) is 81.7 cm³/mol. The van der Waals surface area contributed by atoms with Crippen molar-refractivity contribution in [3.05, 3.63) is 23.5 Å². The monoisotopic (exact) mass is 302 g/mol. The number of hydrogen-bond donors (Lipinski definition) is 0. The van der Waals surface area contributed by atoms with Gasteiger partial charge in [-0.05, 0) is 36.8 Å². The van der Waals surface area contributed by atoms with Crippen LogP contribution in [0.1, 0.15) is 51.5 Å². The van der Waals surface area contributed by atoms with E-state index in [1.54, 1.807) is 6.07 Å². The van der Waals surface area contributed by atoms with Crippen LogP contribution in [0.4, 0.5) is 4.39 Å². The van der Waals surface area contributed by atoms with E-state index < -0.39 is 0 Å². The maximum Gasteiger partial charge on any atom is 0.164 e. The molecule has 0 aromatic heterocycles. The molecule has 0 saturated carbocycles. The van der Waals surface area contributed by atoms with Crippen LogP contribution in [0.3, 0.4) is 0 Å². The van der Waals surface area contributed by atoms with Gasteiger partial charge in [-0.15, -0.1) is 11.6 Å². The third-order valence-electron chi connectivity index (χ3n) is 3.06. The van der Waals surface area contributed by atoms with Crippen LogP contribution in [0.25, 0.3) is 0 Å². The zero-order chi connectivity index (χ0) is 15.0. The van der Waals surface area contributed by atoms with Gasteiger partial charge < -0.3 is 9.47 Å². The predicted octanol–water partition coefficient (Wildman–Crippen LogP) is 5.14. The Balaban J connectivity index is 3.03. The average Bonchev–Trinajstić information content (AvgIpc) is 2.44. The molecule has 1 atom stereocenters. The summed E-state index contributed by atoms with van der Waals surface area (Å²) >= 11 is 5.74. The first-order chi connectivity index (χ1) is 9.63. The van der Waals surface area contributed by atoms with Crippen LogP contribution in [0.5, 0.6) is 11.5 Å². The quantitative estimate of drug-likeness (QED) is 0.588. The fourth-order valence-corrected chi connectivity index (χ4v) is 2.22. The van der Waals surface area contributed by atoms with Crippen molar-refractivity contribution in [3.8, 4) is 11.5 Å². The summed E-state index contributed by atoms with van der Waals surface area (Å²) in [7, 11) is 0. The van der Waals surface area contributed by atoms with Crippen LogP contribution >= 0.6 is 11.6 Å². The van der Waals surface area contributed by atoms with Crippen molar-refractivity contribution in [2.24, 2.45) is 0 Å². The van der Waals surface area contributed by atoms with Gasteiger partial charge in [0.1, 0.15) is 5.82 Å². The molecule has 114 valence electrons. The number of alkyl halides is 1. The third kappa shape index (κ3) is 4.86. The Bertz CT molecular complexity index is 410. The lowest BCUT2D eigenvalue weighted by Gasteiger charge is -2.17. The molecule has 0 fully saturated rings. The van der Waals surface area contributed by atoms with Gasteiger partial charge in [-0.3, -0.25) is 0 Å². The summed E-state index contributed by atoms with van der Waals surface area (Å²) in [4.78, 5) is 0. The Labute approximate surface area is 126 Å². The topological polar surface area (TPSA) is 18.5 Å². The number of hydrogen-bond acceptors (Lipinski definition) is 2. The van der Waals surface area contributed by atoms with Crippen molar-refractivity contribution in [2.45, 2.75) is 46.0 Å². The molecule has 0 radical (unpaired) electrons. The molecule has 0 aliphatic rings. The van der Waals surface area contributed by atoms with E-state index in [2.05, 4.69) is 0 Å². The molecule has 1 aromatic rings. The number of benzene rings is 1. The molecular formula is C16H24ClFO2. The molecule has 0 heterocycles. The summed E-state index contributed by atoms with van der Waals surface area (Å²) in [5.74, 6) is 1.44. The van der Waals surface area contributed by atoms with Crippen LogP contribution in [0, 0.1) is 5.82 Å². The first-order valence-electron chi connectivity index (χ1n) is 7.29. The van der Waals surface area contributed by atoms with Gasteiger partial charge in [0.15, 0.2) is 11.5 Å². The molecule has 1 rings (SSSR count). The third-order valence-corrected chi connectivity index (χ3v) is 3.28. The first kappa shape index (κ1) is 17.1. The molecule has 0 amide bonds. The van der Waals surface area contributed by atoms with E-state index >= 15 is 0 Å². The Morgan fingerprint density at radius 1 is 1.10 bits per heavy atom. The molecule has 0 saturated heterocycles. The van der Waals surface area contributed by atoms with E-state index in [1.165, 1.54) is 6.07 Å². The van der Waals surface area contributed by atoms with Gasteiger partial charge in [-0.1, -0.05) is 20.8 Å². The lowest BCUT2D eigenvalue weighted by Crippen LogP contribution is -2.05. The van der Waals surface area contributed by atoms with Gasteiger partial charge in [-0.2, -0.15) is 0 Å². The SMILES string of the molecule is CCCOc1cc(F)c(C(C)CCCl)cc1OCCC. The summed E-state index contributed by atoms with van der Waals surface area (Å²) in [6.45, 7) is 7.17. The van der Waals surface area contributed by atoms with E-state index in [-0.39, 0.29) is 11.7 Å². The van der Waals surface area contributed by atoms with E-state index in [0.717, 1.165) is 19.3 Å². The highest BCUT2D eigenvalue weighted by Crippen LogP contribution is 2.34. The highest BCUT2D eigenvalue weighted by Gasteiger charge is 2.16. The van der Waals surface area contributed by atoms with Gasteiger partial charge >= 0.3 is 0 Å². The van der Waals surface area contributed by atoms with Crippen molar-refractivity contribution < 1.29 is 13.9 Å². The molecule has 0 N–H and O–H groups in total. The Morgan fingerprint density at radius 2 is 1.65 bits per heavy atom. The van der Waals surface area contributed by atoms with E-state index in [0.29, 0.717) is 36.2 Å². The summed E-state index contributed by atoms with van der Waals surface area (Å²) in [5, 5.41) is 0. The standard InChI is InChI=1S/C16H24ClFO2/c1-4-8-19-15-10-13(12(3)6-7-17)14(18)11-16(15)20-9-5-2/h10-12H,4-9H2,1-3H3. The van der Waals surface area contributed by atoms with Crippen LogP contribution < -0.4 is 9.47 Å². The average molecular weight is 303 g/mol. The molecule has 0 spiro atoms. The highest BCUT2D eigenvalue weighted by molar-refractivity contribution is 6.17. The molecule has 4 heteroatoms. The highest BCUT2D eigenvalue weighted by atomic mass is 35.5. The molecule has 20 heavy (non-hydrogen) atoms. The van der Waals surface area contributed by atoms with Crippen molar-refractivity contribution in [3.63, 3.8) is 0 Å². The molecule has 0 bridgehead atoms. The minimum absolute atomic E-state index is 0.0664. The van der Waals surface area contributed by atoms with Crippen LogP contribution in [0.15, 0.2) is 12.1 Å². The van der Waals surface area contributed by atoms with E-state index in [1.807, 2.05) is 20.8 Å². The normalized spacial score (nSPS) is 12.2. The second-order valence-corrected chi connectivity index (χ2v) is 5.27. The fraction of sp³-hybridized carbons (Fsp3) is 0.625. The summed E-state index contributed by atoms with van der Waals surface area (Å²) in [5.41, 5.74) is 0.639. The molecular weight excluding hydrogens is 279 g/mol. The van der Waals surface area contributed by atoms with Crippen LogP contribution in [-0.4, -0.2) is 19.1 Å². The van der Waals surface area contributed by atoms with Gasteiger partial charge in [0, 0.05) is 11.9 Å². The number of halogens is 2. The van der Waals surface area contributed by atoms with E-state index in [9.17, 15) is 4.39 Å². The Kier molecular flexibility index (Phi) is 7.75. The second kappa shape index (κ2) is 9.06. The summed E-state index contributed by atoms with van der Waals surface area (Å²) < 4.78 is 25.4. The maximum absolute atomic E-state index is 14.2. The zero-order valence-electron chi connectivity index (χ0n) is 12.5. The van der Waals surface area contributed by atoms with Crippen LogP contribution in [-0.2, 0) is 0 Å². The van der Waals surface area contributed by atoms with Gasteiger partial charge in [-0.25, -0.2) is 4.39 Å². The minimum atomic E-state index is -0.252. The number of ether oxygens (including phenoxy) is 2. The van der Waals surface area contributed by atoms with Crippen molar-refractivity contribution in [1.82, 2.24) is 0 Å².